The maximum Gasteiger partial charge on any atom is 0.261 e. The number of aromatic amines is 2. The molecule has 5 aromatic rings. The lowest BCUT2D eigenvalue weighted by Gasteiger charge is -2.45. The number of halogens is 1. The molecule has 3 aliphatic heterocycles. The van der Waals surface area contributed by atoms with Crippen LogP contribution in [0, 0.1) is 11.7 Å². The van der Waals surface area contributed by atoms with Crippen molar-refractivity contribution in [2.45, 2.75) is 18.9 Å². The summed E-state index contributed by atoms with van der Waals surface area (Å²) < 4.78 is 17.0. The number of pyridine rings is 2. The van der Waals surface area contributed by atoms with Crippen molar-refractivity contribution < 1.29 is 4.39 Å². The molecule has 10 heteroatoms. The second-order valence-electron chi connectivity index (χ2n) is 9.37. The molecular formula is C25H23FN8O. The predicted molar refractivity (Wildman–Crippen MR) is 131 cm³/mol. The van der Waals surface area contributed by atoms with Crippen LogP contribution in [0.1, 0.15) is 12.8 Å². The molecule has 3 N–H and O–H groups in total. The van der Waals surface area contributed by atoms with Crippen molar-refractivity contribution in [2.24, 2.45) is 5.92 Å². The maximum absolute atomic E-state index is 15.4. The molecule has 0 radical (unpaired) electrons. The van der Waals surface area contributed by atoms with Gasteiger partial charge in [0.05, 0.1) is 23.2 Å². The van der Waals surface area contributed by atoms with Gasteiger partial charge in [0.25, 0.3) is 5.56 Å². The Morgan fingerprint density at radius 3 is 2.77 bits per heavy atom. The standard InChI is InChI=1S/C25H23FN8O/c26-16-10-15-18(11-20(16)34-9-6-27-13-34)31-25(35)21(24-30-17-2-1-5-28-23(17)32-24)22(15)29-19-12-33-7-3-14(19)4-8-33/h1-2,5-6,9-11,13-14,19H,3-4,7-8,12H2,(H,28,30,32)(H2,29,31,35)/t19-/m0/s1. The molecule has 8 rings (SSSR count). The van der Waals surface area contributed by atoms with Crippen LogP contribution in [0.5, 0.6) is 0 Å². The first-order valence-electron chi connectivity index (χ1n) is 11.8. The normalized spacial score (nSPS) is 21.7. The summed E-state index contributed by atoms with van der Waals surface area (Å²) >= 11 is 0. The summed E-state index contributed by atoms with van der Waals surface area (Å²) in [7, 11) is 0. The number of aromatic nitrogens is 6. The van der Waals surface area contributed by atoms with E-state index < -0.39 is 5.82 Å². The molecule has 2 bridgehead atoms. The number of nitrogens with one attached hydrogen (secondary N) is 3. The van der Waals surface area contributed by atoms with Gasteiger partial charge in [0.1, 0.15) is 22.7 Å². The van der Waals surface area contributed by atoms with E-state index in [4.69, 9.17) is 0 Å². The molecule has 3 aliphatic rings. The van der Waals surface area contributed by atoms with E-state index in [1.54, 1.807) is 35.3 Å². The molecular weight excluding hydrogens is 447 g/mol. The molecule has 1 aromatic carbocycles. The Bertz CT molecular complexity index is 1580. The lowest BCUT2D eigenvalue weighted by Crippen LogP contribution is -2.53. The molecule has 1 atom stereocenters. The molecule has 35 heavy (non-hydrogen) atoms. The largest absolute Gasteiger partial charge is 0.379 e. The van der Waals surface area contributed by atoms with E-state index >= 15 is 4.39 Å². The number of imidazole rings is 2. The van der Waals surface area contributed by atoms with E-state index in [0.29, 0.717) is 50.7 Å². The van der Waals surface area contributed by atoms with Crippen LogP contribution in [-0.2, 0) is 0 Å². The van der Waals surface area contributed by atoms with Crippen LogP contribution in [0.3, 0.4) is 0 Å². The van der Waals surface area contributed by atoms with Gasteiger partial charge in [-0.3, -0.25) is 4.79 Å². The van der Waals surface area contributed by atoms with Crippen LogP contribution in [0.2, 0.25) is 0 Å². The molecule has 0 unspecified atom stereocenters. The highest BCUT2D eigenvalue weighted by Gasteiger charge is 2.35. The second-order valence-corrected chi connectivity index (χ2v) is 9.37. The quantitative estimate of drug-likeness (QED) is 0.372. The van der Waals surface area contributed by atoms with Gasteiger partial charge in [-0.1, -0.05) is 0 Å². The van der Waals surface area contributed by atoms with Gasteiger partial charge in [0, 0.05) is 36.6 Å². The second kappa shape index (κ2) is 7.74. The fraction of sp³-hybridized carbons (Fsp3) is 0.280. The molecule has 3 fully saturated rings. The molecule has 4 aromatic heterocycles. The number of fused-ring (bicyclic) bond motifs is 5. The fourth-order valence-electron chi connectivity index (χ4n) is 5.56. The Morgan fingerprint density at radius 2 is 2.03 bits per heavy atom. The molecule has 0 saturated carbocycles. The molecule has 176 valence electrons. The highest BCUT2D eigenvalue weighted by atomic mass is 19.1. The van der Waals surface area contributed by atoms with Gasteiger partial charge in [0.2, 0.25) is 0 Å². The minimum atomic E-state index is -0.406. The molecule has 7 heterocycles. The van der Waals surface area contributed by atoms with Crippen LogP contribution in [0.4, 0.5) is 10.1 Å². The number of benzene rings is 1. The van der Waals surface area contributed by atoms with Gasteiger partial charge in [0.15, 0.2) is 5.65 Å². The van der Waals surface area contributed by atoms with E-state index in [2.05, 4.69) is 35.1 Å². The van der Waals surface area contributed by atoms with Crippen molar-refractivity contribution in [3.63, 3.8) is 0 Å². The van der Waals surface area contributed by atoms with Crippen LogP contribution in [-0.4, -0.2) is 60.1 Å². The minimum Gasteiger partial charge on any atom is -0.379 e. The zero-order valence-electron chi connectivity index (χ0n) is 18.8. The highest BCUT2D eigenvalue weighted by molar-refractivity contribution is 6.00. The van der Waals surface area contributed by atoms with Crippen molar-refractivity contribution in [1.82, 2.24) is 34.4 Å². The summed E-state index contributed by atoms with van der Waals surface area (Å²) in [5, 5.41) is 4.26. The molecule has 0 amide bonds. The van der Waals surface area contributed by atoms with Gasteiger partial charge < -0.3 is 24.8 Å². The van der Waals surface area contributed by atoms with Crippen molar-refractivity contribution in [2.75, 3.05) is 25.0 Å². The van der Waals surface area contributed by atoms with Crippen molar-refractivity contribution >= 4 is 27.8 Å². The first-order valence-corrected chi connectivity index (χ1v) is 11.8. The Labute approximate surface area is 199 Å². The third-order valence-corrected chi connectivity index (χ3v) is 7.34. The third kappa shape index (κ3) is 3.32. The van der Waals surface area contributed by atoms with Gasteiger partial charge in [-0.2, -0.15) is 0 Å². The van der Waals surface area contributed by atoms with E-state index in [1.165, 1.54) is 12.4 Å². The van der Waals surface area contributed by atoms with Crippen molar-refractivity contribution in [3.05, 3.63) is 65.4 Å². The zero-order valence-corrected chi connectivity index (χ0v) is 18.8. The van der Waals surface area contributed by atoms with Crippen LogP contribution in [0.15, 0.2) is 54.0 Å². The maximum atomic E-state index is 15.4. The third-order valence-electron chi connectivity index (χ3n) is 7.34. The number of H-pyrrole nitrogens is 2. The van der Waals surface area contributed by atoms with Crippen LogP contribution in [0.25, 0.3) is 39.1 Å². The molecule has 3 saturated heterocycles. The first-order chi connectivity index (χ1) is 17.1. The van der Waals surface area contributed by atoms with Crippen molar-refractivity contribution in [1.29, 1.82) is 0 Å². The predicted octanol–water partition coefficient (Wildman–Crippen LogP) is 3.30. The first kappa shape index (κ1) is 20.3. The van der Waals surface area contributed by atoms with Crippen LogP contribution >= 0.6 is 0 Å². The number of nitrogens with zero attached hydrogens (tertiary/aromatic N) is 5. The van der Waals surface area contributed by atoms with Gasteiger partial charge in [-0.25, -0.2) is 19.3 Å². The average Bonchev–Trinajstić information content (AvgIpc) is 3.55. The summed E-state index contributed by atoms with van der Waals surface area (Å²) in [6.45, 7) is 3.10. The monoisotopic (exact) mass is 470 g/mol. The molecule has 0 aliphatic carbocycles. The lowest BCUT2D eigenvalue weighted by molar-refractivity contribution is 0.0976. The number of hydrogen-bond acceptors (Lipinski definition) is 6. The highest BCUT2D eigenvalue weighted by Crippen LogP contribution is 2.36. The topological polar surface area (TPSA) is 108 Å². The zero-order chi connectivity index (χ0) is 23.5. The number of rotatable bonds is 4. The number of anilines is 1. The summed E-state index contributed by atoms with van der Waals surface area (Å²) in [5.74, 6) is 0.510. The summed E-state index contributed by atoms with van der Waals surface area (Å²) in [6, 6.07) is 6.94. The molecule has 0 spiro atoms. The summed E-state index contributed by atoms with van der Waals surface area (Å²) in [5.41, 5.74) is 2.78. The smallest absolute Gasteiger partial charge is 0.261 e. The summed E-state index contributed by atoms with van der Waals surface area (Å²) in [6.07, 6.45) is 8.69. The van der Waals surface area contributed by atoms with Gasteiger partial charge in [-0.05, 0) is 56.1 Å². The van der Waals surface area contributed by atoms with E-state index in [9.17, 15) is 4.79 Å². The molecule has 9 nitrogen and oxygen atoms in total. The summed E-state index contributed by atoms with van der Waals surface area (Å²) in [4.78, 5) is 35.1. The Hall–Kier alpha value is -4.05. The van der Waals surface area contributed by atoms with E-state index in [-0.39, 0.29) is 11.6 Å². The number of hydrogen-bond donors (Lipinski definition) is 3. The average molecular weight is 471 g/mol. The Balaban J connectivity index is 1.45. The SMILES string of the molecule is O=c1[nH]c2cc(-n3ccnc3)c(F)cc2c(N[C@H]2CN3CCC2CC3)c1-c1nc2cccnc2[nH]1. The minimum absolute atomic E-state index is 0.167. The van der Waals surface area contributed by atoms with Crippen molar-refractivity contribution in [3.8, 4) is 17.1 Å². The van der Waals surface area contributed by atoms with Gasteiger partial charge in [-0.15, -0.1) is 0 Å². The Kier molecular flexibility index (Phi) is 4.50. The lowest BCUT2D eigenvalue weighted by atomic mass is 9.83. The fourth-order valence-corrected chi connectivity index (χ4v) is 5.56. The Morgan fingerprint density at radius 1 is 1.14 bits per heavy atom. The van der Waals surface area contributed by atoms with Crippen LogP contribution < -0.4 is 10.9 Å². The van der Waals surface area contributed by atoms with E-state index in [0.717, 1.165) is 32.5 Å². The van der Waals surface area contributed by atoms with Gasteiger partial charge >= 0.3 is 0 Å². The number of piperidine rings is 3. The van der Waals surface area contributed by atoms with E-state index in [1.807, 2.05) is 6.07 Å².